The zero-order chi connectivity index (χ0) is 14.8. The Kier molecular flexibility index (Phi) is 4.06. The van der Waals surface area contributed by atoms with Crippen LogP contribution in [0.25, 0.3) is 0 Å². The van der Waals surface area contributed by atoms with Crippen molar-refractivity contribution in [1.29, 1.82) is 0 Å². The monoisotopic (exact) mass is 278 g/mol. The fourth-order valence-electron chi connectivity index (χ4n) is 2.16. The minimum Gasteiger partial charge on any atom is -0.508 e. The average molecular weight is 278 g/mol. The van der Waals surface area contributed by atoms with Crippen LogP contribution in [0, 0.1) is 0 Å². The number of hydrogen-bond donors (Lipinski definition) is 1. The Hall–Kier alpha value is -1.91. The number of piperazine rings is 1. The van der Waals surface area contributed by atoms with E-state index < -0.39 is 5.60 Å². The number of carbonyl (C=O) groups is 1. The first kappa shape index (κ1) is 14.5. The molecule has 0 aromatic heterocycles. The molecule has 5 heteroatoms. The van der Waals surface area contributed by atoms with Crippen molar-refractivity contribution >= 4 is 11.8 Å². The van der Waals surface area contributed by atoms with Gasteiger partial charge in [0.1, 0.15) is 11.4 Å². The van der Waals surface area contributed by atoms with Crippen LogP contribution in [0.2, 0.25) is 0 Å². The molecule has 110 valence electrons. The number of aromatic hydroxyl groups is 1. The molecular formula is C15H22N2O3. The van der Waals surface area contributed by atoms with Crippen LogP contribution in [0.4, 0.5) is 10.5 Å². The van der Waals surface area contributed by atoms with Crippen molar-refractivity contribution in [2.24, 2.45) is 0 Å². The predicted octanol–water partition coefficient (Wildman–Crippen LogP) is 2.45. The lowest BCUT2D eigenvalue weighted by molar-refractivity contribution is 0.0240. The molecule has 1 fully saturated rings. The first-order valence-corrected chi connectivity index (χ1v) is 6.87. The van der Waals surface area contributed by atoms with E-state index in [1.807, 2.05) is 32.9 Å². The average Bonchev–Trinajstić information content (AvgIpc) is 2.37. The third-order valence-electron chi connectivity index (χ3n) is 3.13. The number of phenols is 1. The second-order valence-electron chi connectivity index (χ2n) is 5.97. The number of carbonyl (C=O) groups excluding carboxylic acids is 1. The highest BCUT2D eigenvalue weighted by Crippen LogP contribution is 2.21. The molecule has 0 radical (unpaired) electrons. The molecule has 1 saturated heterocycles. The van der Waals surface area contributed by atoms with Gasteiger partial charge < -0.3 is 19.6 Å². The van der Waals surface area contributed by atoms with E-state index in [-0.39, 0.29) is 11.8 Å². The summed E-state index contributed by atoms with van der Waals surface area (Å²) in [6.45, 7) is 8.34. The molecule has 0 unspecified atom stereocenters. The molecule has 1 N–H and O–H groups in total. The van der Waals surface area contributed by atoms with E-state index in [4.69, 9.17) is 4.74 Å². The van der Waals surface area contributed by atoms with Crippen molar-refractivity contribution in [1.82, 2.24) is 4.90 Å². The van der Waals surface area contributed by atoms with Crippen LogP contribution >= 0.6 is 0 Å². The smallest absolute Gasteiger partial charge is 0.410 e. The molecule has 1 heterocycles. The molecule has 1 aliphatic rings. The maximum Gasteiger partial charge on any atom is 0.410 e. The first-order chi connectivity index (χ1) is 9.35. The molecule has 0 saturated carbocycles. The molecule has 1 amide bonds. The number of ether oxygens (including phenoxy) is 1. The van der Waals surface area contributed by atoms with Gasteiger partial charge in [-0.05, 0) is 32.9 Å². The Morgan fingerprint density at radius 1 is 1.20 bits per heavy atom. The highest BCUT2D eigenvalue weighted by atomic mass is 16.6. The number of hydrogen-bond acceptors (Lipinski definition) is 4. The number of phenolic OH excluding ortho intramolecular Hbond substituents is 1. The van der Waals surface area contributed by atoms with Crippen LogP contribution < -0.4 is 4.90 Å². The molecule has 0 bridgehead atoms. The number of amides is 1. The van der Waals surface area contributed by atoms with Crippen LogP contribution in [0.15, 0.2) is 24.3 Å². The van der Waals surface area contributed by atoms with E-state index in [1.54, 1.807) is 17.0 Å². The molecule has 0 atom stereocenters. The van der Waals surface area contributed by atoms with Crippen LogP contribution in [0.5, 0.6) is 5.75 Å². The van der Waals surface area contributed by atoms with Crippen LogP contribution in [-0.4, -0.2) is 47.9 Å². The molecule has 0 aliphatic carbocycles. The zero-order valence-electron chi connectivity index (χ0n) is 12.3. The van der Waals surface area contributed by atoms with Gasteiger partial charge in [-0.1, -0.05) is 6.07 Å². The Labute approximate surface area is 119 Å². The fourth-order valence-corrected chi connectivity index (χ4v) is 2.16. The number of benzene rings is 1. The standard InChI is InChI=1S/C15H22N2O3/c1-15(2,3)20-14(19)17-9-7-16(8-10-17)12-5-4-6-13(18)11-12/h4-6,11,18H,7-10H2,1-3H3. The van der Waals surface area contributed by atoms with Crippen molar-refractivity contribution in [2.75, 3.05) is 31.1 Å². The zero-order valence-corrected chi connectivity index (χ0v) is 12.3. The minimum absolute atomic E-state index is 0.256. The largest absolute Gasteiger partial charge is 0.508 e. The van der Waals surface area contributed by atoms with Gasteiger partial charge in [-0.15, -0.1) is 0 Å². The highest BCUT2D eigenvalue weighted by Gasteiger charge is 2.25. The summed E-state index contributed by atoms with van der Waals surface area (Å²) in [5, 5.41) is 9.50. The maximum absolute atomic E-state index is 12.0. The lowest BCUT2D eigenvalue weighted by Crippen LogP contribution is -2.50. The van der Waals surface area contributed by atoms with Gasteiger partial charge in [0.15, 0.2) is 0 Å². The molecule has 1 aromatic rings. The predicted molar refractivity (Wildman–Crippen MR) is 78.1 cm³/mol. The summed E-state index contributed by atoms with van der Waals surface area (Å²) in [4.78, 5) is 15.8. The SMILES string of the molecule is CC(C)(C)OC(=O)N1CCN(c2cccc(O)c2)CC1. The Bertz CT molecular complexity index is 474. The number of rotatable bonds is 1. The maximum atomic E-state index is 12.0. The Morgan fingerprint density at radius 3 is 2.40 bits per heavy atom. The summed E-state index contributed by atoms with van der Waals surface area (Å²) in [5.74, 6) is 0.261. The van der Waals surface area contributed by atoms with Gasteiger partial charge in [0.05, 0.1) is 0 Å². The summed E-state index contributed by atoms with van der Waals surface area (Å²) in [6.07, 6.45) is -0.256. The van der Waals surface area contributed by atoms with Crippen molar-refractivity contribution in [3.05, 3.63) is 24.3 Å². The lowest BCUT2D eigenvalue weighted by atomic mass is 10.2. The van der Waals surface area contributed by atoms with Gasteiger partial charge in [-0.3, -0.25) is 0 Å². The summed E-state index contributed by atoms with van der Waals surface area (Å²) >= 11 is 0. The third-order valence-corrected chi connectivity index (χ3v) is 3.13. The van der Waals surface area contributed by atoms with E-state index >= 15 is 0 Å². The lowest BCUT2D eigenvalue weighted by Gasteiger charge is -2.36. The summed E-state index contributed by atoms with van der Waals surface area (Å²) < 4.78 is 5.37. The van der Waals surface area contributed by atoms with Crippen molar-refractivity contribution in [2.45, 2.75) is 26.4 Å². The number of anilines is 1. The Morgan fingerprint density at radius 2 is 1.85 bits per heavy atom. The second-order valence-corrected chi connectivity index (χ2v) is 5.97. The van der Waals surface area contributed by atoms with E-state index in [9.17, 15) is 9.90 Å². The highest BCUT2D eigenvalue weighted by molar-refractivity contribution is 5.68. The van der Waals surface area contributed by atoms with Gasteiger partial charge in [0.2, 0.25) is 0 Å². The topological polar surface area (TPSA) is 53.0 Å². The molecule has 5 nitrogen and oxygen atoms in total. The van der Waals surface area contributed by atoms with E-state index in [0.717, 1.165) is 18.8 Å². The molecule has 0 spiro atoms. The van der Waals surface area contributed by atoms with Gasteiger partial charge >= 0.3 is 6.09 Å². The normalized spacial score (nSPS) is 16.1. The summed E-state index contributed by atoms with van der Waals surface area (Å²) in [6, 6.07) is 7.18. The first-order valence-electron chi connectivity index (χ1n) is 6.87. The molecule has 20 heavy (non-hydrogen) atoms. The van der Waals surface area contributed by atoms with E-state index in [2.05, 4.69) is 4.90 Å². The van der Waals surface area contributed by atoms with Gasteiger partial charge in [-0.25, -0.2) is 4.79 Å². The minimum atomic E-state index is -0.459. The quantitative estimate of drug-likeness (QED) is 0.857. The molecule has 1 aromatic carbocycles. The van der Waals surface area contributed by atoms with Gasteiger partial charge in [-0.2, -0.15) is 0 Å². The van der Waals surface area contributed by atoms with Crippen molar-refractivity contribution in [3.8, 4) is 5.75 Å². The van der Waals surface area contributed by atoms with E-state index in [1.165, 1.54) is 0 Å². The van der Waals surface area contributed by atoms with Crippen molar-refractivity contribution < 1.29 is 14.6 Å². The second kappa shape index (κ2) is 5.61. The molecule has 1 aliphatic heterocycles. The Balaban J connectivity index is 1.91. The van der Waals surface area contributed by atoms with Crippen molar-refractivity contribution in [3.63, 3.8) is 0 Å². The van der Waals surface area contributed by atoms with Gasteiger partial charge in [0.25, 0.3) is 0 Å². The third kappa shape index (κ3) is 3.79. The summed E-state index contributed by atoms with van der Waals surface area (Å²) in [7, 11) is 0. The molecular weight excluding hydrogens is 256 g/mol. The van der Waals surface area contributed by atoms with E-state index in [0.29, 0.717) is 13.1 Å². The van der Waals surface area contributed by atoms with Gasteiger partial charge in [0, 0.05) is 37.9 Å². The van der Waals surface area contributed by atoms with Crippen LogP contribution in [0.3, 0.4) is 0 Å². The fraction of sp³-hybridized carbons (Fsp3) is 0.533. The molecule has 2 rings (SSSR count). The van der Waals surface area contributed by atoms with Crippen LogP contribution in [-0.2, 0) is 4.74 Å². The number of nitrogens with zero attached hydrogens (tertiary/aromatic N) is 2. The summed E-state index contributed by atoms with van der Waals surface area (Å²) in [5.41, 5.74) is 0.522. The van der Waals surface area contributed by atoms with Crippen LogP contribution in [0.1, 0.15) is 20.8 Å².